The summed E-state index contributed by atoms with van der Waals surface area (Å²) in [4.78, 5) is 21.4. The second-order valence-corrected chi connectivity index (χ2v) is 6.42. The third-order valence-corrected chi connectivity index (χ3v) is 4.69. The predicted octanol–water partition coefficient (Wildman–Crippen LogP) is 2.32. The first-order chi connectivity index (χ1) is 11.9. The maximum atomic E-state index is 12.7. The minimum atomic E-state index is -4.49. The van der Waals surface area contributed by atoms with Gasteiger partial charge in [-0.3, -0.25) is 4.79 Å². The van der Waals surface area contributed by atoms with Crippen LogP contribution in [0.3, 0.4) is 0 Å². The Hall–Kier alpha value is -1.90. The zero-order valence-corrected chi connectivity index (χ0v) is 13.8. The van der Waals surface area contributed by atoms with E-state index in [0.29, 0.717) is 39.1 Å². The zero-order chi connectivity index (χ0) is 17.9. The molecule has 2 fully saturated rings. The molecule has 3 heterocycles. The van der Waals surface area contributed by atoms with E-state index in [9.17, 15) is 18.0 Å². The Morgan fingerprint density at radius 1 is 1.16 bits per heavy atom. The number of piperidine rings is 1. The molecule has 1 amide bonds. The van der Waals surface area contributed by atoms with Gasteiger partial charge in [-0.2, -0.15) is 13.2 Å². The molecular formula is C16H21F3N4O2. The highest BCUT2D eigenvalue weighted by Crippen LogP contribution is 2.28. The van der Waals surface area contributed by atoms with E-state index in [1.807, 2.05) is 4.90 Å². The lowest BCUT2D eigenvalue weighted by Gasteiger charge is -2.35. The predicted molar refractivity (Wildman–Crippen MR) is 83.8 cm³/mol. The van der Waals surface area contributed by atoms with Crippen molar-refractivity contribution in [3.05, 3.63) is 18.1 Å². The number of hydrogen-bond acceptors (Lipinski definition) is 5. The van der Waals surface area contributed by atoms with Gasteiger partial charge in [-0.1, -0.05) is 0 Å². The molecule has 2 aliphatic rings. The highest BCUT2D eigenvalue weighted by Gasteiger charge is 2.33. The van der Waals surface area contributed by atoms with Crippen LogP contribution in [-0.2, 0) is 15.7 Å². The average molecular weight is 358 g/mol. The molecule has 0 saturated carbocycles. The summed E-state index contributed by atoms with van der Waals surface area (Å²) in [5, 5.41) is 3.02. The van der Waals surface area contributed by atoms with Crippen molar-refractivity contribution in [3.63, 3.8) is 0 Å². The van der Waals surface area contributed by atoms with Crippen LogP contribution in [0.2, 0.25) is 0 Å². The van der Waals surface area contributed by atoms with Crippen molar-refractivity contribution >= 4 is 11.7 Å². The van der Waals surface area contributed by atoms with Crippen molar-refractivity contribution < 1.29 is 22.7 Å². The van der Waals surface area contributed by atoms with Crippen LogP contribution in [0.1, 0.15) is 31.4 Å². The van der Waals surface area contributed by atoms with E-state index in [1.165, 1.54) is 0 Å². The number of anilines is 1. The summed E-state index contributed by atoms with van der Waals surface area (Å²) in [6.45, 7) is 2.46. The smallest absolute Gasteiger partial charge is 0.381 e. The molecule has 0 atom stereocenters. The molecule has 138 valence electrons. The molecule has 0 spiro atoms. The fraction of sp³-hybridized carbons (Fsp3) is 0.688. The van der Waals surface area contributed by atoms with Crippen LogP contribution in [0.4, 0.5) is 19.0 Å². The second-order valence-electron chi connectivity index (χ2n) is 6.42. The number of ether oxygens (including phenoxy) is 1. The SMILES string of the molecule is O=C(C1CCOCC1)N1CCC(Nc2cc(C(F)(F)F)ncn2)CC1. The number of nitrogens with one attached hydrogen (secondary N) is 1. The van der Waals surface area contributed by atoms with Crippen molar-refractivity contribution in [1.82, 2.24) is 14.9 Å². The minimum absolute atomic E-state index is 0.00489. The number of rotatable bonds is 3. The van der Waals surface area contributed by atoms with Crippen molar-refractivity contribution in [1.29, 1.82) is 0 Å². The van der Waals surface area contributed by atoms with Crippen molar-refractivity contribution in [3.8, 4) is 0 Å². The topological polar surface area (TPSA) is 67.3 Å². The number of hydrogen-bond donors (Lipinski definition) is 1. The van der Waals surface area contributed by atoms with Gasteiger partial charge in [0.2, 0.25) is 5.91 Å². The summed E-state index contributed by atoms with van der Waals surface area (Å²) in [6, 6.07) is 0.911. The molecular weight excluding hydrogens is 337 g/mol. The van der Waals surface area contributed by atoms with Gasteiger partial charge in [0.25, 0.3) is 0 Å². The van der Waals surface area contributed by atoms with E-state index < -0.39 is 11.9 Å². The molecule has 25 heavy (non-hydrogen) atoms. The number of aromatic nitrogens is 2. The van der Waals surface area contributed by atoms with Gasteiger partial charge < -0.3 is 15.0 Å². The molecule has 0 aliphatic carbocycles. The summed E-state index contributed by atoms with van der Waals surface area (Å²) in [5.41, 5.74) is -0.961. The first-order valence-electron chi connectivity index (χ1n) is 8.46. The lowest BCUT2D eigenvalue weighted by molar-refractivity contribution is -0.141. The van der Waals surface area contributed by atoms with Gasteiger partial charge in [0, 0.05) is 44.3 Å². The largest absolute Gasteiger partial charge is 0.433 e. The van der Waals surface area contributed by atoms with Gasteiger partial charge in [-0.25, -0.2) is 9.97 Å². The Bertz CT molecular complexity index is 597. The zero-order valence-electron chi connectivity index (χ0n) is 13.8. The Kier molecular flexibility index (Phi) is 5.41. The Balaban J connectivity index is 1.52. The van der Waals surface area contributed by atoms with Crippen LogP contribution in [0.15, 0.2) is 12.4 Å². The molecule has 0 bridgehead atoms. The highest BCUT2D eigenvalue weighted by atomic mass is 19.4. The van der Waals surface area contributed by atoms with Crippen molar-refractivity contribution in [2.45, 2.75) is 37.9 Å². The minimum Gasteiger partial charge on any atom is -0.381 e. The van der Waals surface area contributed by atoms with Gasteiger partial charge in [0.15, 0.2) is 0 Å². The van der Waals surface area contributed by atoms with Gasteiger partial charge in [-0.15, -0.1) is 0 Å². The van der Waals surface area contributed by atoms with Gasteiger partial charge >= 0.3 is 6.18 Å². The fourth-order valence-electron chi connectivity index (χ4n) is 3.25. The normalized spacial score (nSPS) is 20.5. The van der Waals surface area contributed by atoms with Crippen LogP contribution in [-0.4, -0.2) is 53.1 Å². The van der Waals surface area contributed by atoms with Crippen LogP contribution in [0.5, 0.6) is 0 Å². The number of likely N-dealkylation sites (tertiary alicyclic amines) is 1. The van der Waals surface area contributed by atoms with E-state index >= 15 is 0 Å². The van der Waals surface area contributed by atoms with Crippen molar-refractivity contribution in [2.24, 2.45) is 5.92 Å². The molecule has 2 aliphatic heterocycles. The molecule has 1 aromatic rings. The van der Waals surface area contributed by atoms with E-state index in [4.69, 9.17) is 4.74 Å². The van der Waals surface area contributed by atoms with E-state index in [2.05, 4.69) is 15.3 Å². The number of amides is 1. The Labute approximate surface area is 143 Å². The van der Waals surface area contributed by atoms with E-state index in [-0.39, 0.29) is 23.7 Å². The summed E-state index contributed by atoms with van der Waals surface area (Å²) >= 11 is 0. The first-order valence-corrected chi connectivity index (χ1v) is 8.46. The highest BCUT2D eigenvalue weighted by molar-refractivity contribution is 5.79. The summed E-state index contributed by atoms with van der Waals surface area (Å²) in [5.74, 6) is 0.370. The lowest BCUT2D eigenvalue weighted by Crippen LogP contribution is -2.45. The monoisotopic (exact) mass is 358 g/mol. The number of alkyl halides is 3. The number of nitrogens with zero attached hydrogens (tertiary/aromatic N) is 3. The maximum Gasteiger partial charge on any atom is 0.433 e. The number of halogens is 3. The average Bonchev–Trinajstić information content (AvgIpc) is 2.62. The quantitative estimate of drug-likeness (QED) is 0.898. The molecule has 0 radical (unpaired) electrons. The Morgan fingerprint density at radius 3 is 2.48 bits per heavy atom. The molecule has 0 aromatic carbocycles. The second kappa shape index (κ2) is 7.55. The number of carbonyl (C=O) groups is 1. The molecule has 2 saturated heterocycles. The first kappa shape index (κ1) is 17.9. The van der Waals surface area contributed by atoms with Crippen molar-refractivity contribution in [2.75, 3.05) is 31.6 Å². The van der Waals surface area contributed by atoms with Gasteiger partial charge in [-0.05, 0) is 25.7 Å². The molecule has 9 heteroatoms. The Morgan fingerprint density at radius 2 is 1.84 bits per heavy atom. The summed E-state index contributed by atoms with van der Waals surface area (Å²) < 4.78 is 43.4. The lowest BCUT2D eigenvalue weighted by atomic mass is 9.96. The van der Waals surface area contributed by atoms with Gasteiger partial charge in [0.1, 0.15) is 17.8 Å². The van der Waals surface area contributed by atoms with Crippen LogP contribution in [0.25, 0.3) is 0 Å². The number of carbonyl (C=O) groups excluding carboxylic acids is 1. The standard InChI is InChI=1S/C16H21F3N4O2/c17-16(18,19)13-9-14(21-10-20-13)22-12-1-5-23(6-2-12)15(24)11-3-7-25-8-4-11/h9-12H,1-8H2,(H,20,21,22). The molecule has 1 aromatic heterocycles. The molecule has 0 unspecified atom stereocenters. The third-order valence-electron chi connectivity index (χ3n) is 4.69. The fourth-order valence-corrected chi connectivity index (χ4v) is 3.25. The summed E-state index contributed by atoms with van der Waals surface area (Å²) in [7, 11) is 0. The maximum absolute atomic E-state index is 12.7. The molecule has 6 nitrogen and oxygen atoms in total. The molecule has 3 rings (SSSR count). The van der Waals surface area contributed by atoms with Crippen LogP contribution in [0, 0.1) is 5.92 Å². The van der Waals surface area contributed by atoms with Crippen LogP contribution >= 0.6 is 0 Å². The van der Waals surface area contributed by atoms with E-state index in [1.54, 1.807) is 0 Å². The van der Waals surface area contributed by atoms with Crippen LogP contribution < -0.4 is 5.32 Å². The van der Waals surface area contributed by atoms with Gasteiger partial charge in [0.05, 0.1) is 0 Å². The summed E-state index contributed by atoms with van der Waals surface area (Å²) in [6.07, 6.45) is -0.690. The van der Waals surface area contributed by atoms with E-state index in [0.717, 1.165) is 25.2 Å². The third kappa shape index (κ3) is 4.59. The molecule has 1 N–H and O–H groups in total.